The second-order valence-corrected chi connectivity index (χ2v) is 4.00. The number of benzene rings is 1. The highest BCUT2D eigenvalue weighted by Gasteiger charge is 2.31. The standard InChI is InChI=1S/C12H11FN2O3/c13-8-4-2-1-3-7(8)5-10(16)14-9-6-11(17)15-12(9)18/h1-4,9H,5-6H2,(H,14,16)(H,15,17,18). The summed E-state index contributed by atoms with van der Waals surface area (Å²) >= 11 is 0. The molecular formula is C12H11FN2O3. The summed E-state index contributed by atoms with van der Waals surface area (Å²) in [7, 11) is 0. The van der Waals surface area contributed by atoms with E-state index in [1.165, 1.54) is 18.2 Å². The summed E-state index contributed by atoms with van der Waals surface area (Å²) in [5.74, 6) is -1.91. The number of imide groups is 1. The number of hydrogen-bond donors (Lipinski definition) is 2. The summed E-state index contributed by atoms with van der Waals surface area (Å²) in [4.78, 5) is 33.7. The second kappa shape index (κ2) is 4.95. The van der Waals surface area contributed by atoms with E-state index >= 15 is 0 Å². The Morgan fingerprint density at radius 2 is 2.11 bits per heavy atom. The highest BCUT2D eigenvalue weighted by atomic mass is 19.1. The third-order valence-electron chi connectivity index (χ3n) is 2.61. The number of carbonyl (C=O) groups excluding carboxylic acids is 3. The van der Waals surface area contributed by atoms with Gasteiger partial charge in [0.2, 0.25) is 17.7 Å². The summed E-state index contributed by atoms with van der Waals surface area (Å²) in [5.41, 5.74) is 0.250. The summed E-state index contributed by atoms with van der Waals surface area (Å²) in [6, 6.07) is 5.05. The third kappa shape index (κ3) is 2.71. The molecule has 3 amide bonds. The molecule has 1 fully saturated rings. The van der Waals surface area contributed by atoms with Gasteiger partial charge in [0.1, 0.15) is 11.9 Å². The number of halogens is 1. The average Bonchev–Trinajstić information content (AvgIpc) is 2.61. The van der Waals surface area contributed by atoms with Gasteiger partial charge in [-0.1, -0.05) is 18.2 Å². The van der Waals surface area contributed by atoms with Crippen LogP contribution in [0.3, 0.4) is 0 Å². The number of rotatable bonds is 3. The van der Waals surface area contributed by atoms with Crippen LogP contribution in [0.2, 0.25) is 0 Å². The molecule has 0 spiro atoms. The van der Waals surface area contributed by atoms with E-state index in [-0.39, 0.29) is 18.4 Å². The van der Waals surface area contributed by atoms with Crippen LogP contribution in [0.4, 0.5) is 4.39 Å². The van der Waals surface area contributed by atoms with Gasteiger partial charge < -0.3 is 5.32 Å². The van der Waals surface area contributed by atoms with Gasteiger partial charge in [-0.25, -0.2) is 4.39 Å². The fraction of sp³-hybridized carbons (Fsp3) is 0.250. The Bertz CT molecular complexity index is 516. The molecule has 1 aromatic carbocycles. The van der Waals surface area contributed by atoms with Crippen molar-refractivity contribution in [3.8, 4) is 0 Å². The first-order chi connectivity index (χ1) is 8.56. The molecule has 0 radical (unpaired) electrons. The minimum absolute atomic E-state index is 0.0676. The van der Waals surface area contributed by atoms with E-state index in [2.05, 4.69) is 10.6 Å². The molecule has 1 atom stereocenters. The van der Waals surface area contributed by atoms with Gasteiger partial charge in [0.25, 0.3) is 0 Å². The van der Waals surface area contributed by atoms with Gasteiger partial charge in [-0.05, 0) is 11.6 Å². The molecule has 1 aliphatic rings. The van der Waals surface area contributed by atoms with Crippen LogP contribution in [0, 0.1) is 5.82 Å². The molecule has 94 valence electrons. The molecule has 18 heavy (non-hydrogen) atoms. The molecule has 0 aromatic heterocycles. The Labute approximate surface area is 102 Å². The Hall–Kier alpha value is -2.24. The van der Waals surface area contributed by atoms with Gasteiger partial charge in [0.05, 0.1) is 12.8 Å². The molecule has 0 bridgehead atoms. The van der Waals surface area contributed by atoms with Crippen LogP contribution < -0.4 is 10.6 Å². The number of amides is 3. The minimum atomic E-state index is -0.850. The molecule has 5 nitrogen and oxygen atoms in total. The second-order valence-electron chi connectivity index (χ2n) is 4.00. The van der Waals surface area contributed by atoms with Gasteiger partial charge in [-0.2, -0.15) is 0 Å². The van der Waals surface area contributed by atoms with E-state index in [4.69, 9.17) is 0 Å². The minimum Gasteiger partial charge on any atom is -0.343 e. The molecule has 0 saturated carbocycles. The lowest BCUT2D eigenvalue weighted by atomic mass is 10.1. The summed E-state index contributed by atoms with van der Waals surface area (Å²) in [5, 5.41) is 4.48. The maximum Gasteiger partial charge on any atom is 0.249 e. The third-order valence-corrected chi connectivity index (χ3v) is 2.61. The fourth-order valence-corrected chi connectivity index (χ4v) is 1.73. The summed E-state index contributed by atoms with van der Waals surface area (Å²) < 4.78 is 13.3. The number of hydrogen-bond acceptors (Lipinski definition) is 3. The smallest absolute Gasteiger partial charge is 0.249 e. The number of nitrogens with one attached hydrogen (secondary N) is 2. The highest BCUT2D eigenvalue weighted by molar-refractivity contribution is 6.06. The fourth-order valence-electron chi connectivity index (χ4n) is 1.73. The van der Waals surface area contributed by atoms with Crippen molar-refractivity contribution in [3.05, 3.63) is 35.6 Å². The predicted octanol–water partition coefficient (Wildman–Crippen LogP) is -0.101. The van der Waals surface area contributed by atoms with Crippen molar-refractivity contribution in [3.63, 3.8) is 0 Å². The van der Waals surface area contributed by atoms with E-state index in [9.17, 15) is 18.8 Å². The molecule has 6 heteroatoms. The van der Waals surface area contributed by atoms with Crippen molar-refractivity contribution in [2.75, 3.05) is 0 Å². The maximum atomic E-state index is 13.3. The molecule has 1 unspecified atom stereocenters. The van der Waals surface area contributed by atoms with E-state index in [0.29, 0.717) is 0 Å². The Morgan fingerprint density at radius 1 is 1.39 bits per heavy atom. The lowest BCUT2D eigenvalue weighted by Crippen LogP contribution is -2.40. The molecular weight excluding hydrogens is 239 g/mol. The van der Waals surface area contributed by atoms with Gasteiger partial charge in [0, 0.05) is 0 Å². The normalized spacial score (nSPS) is 18.6. The lowest BCUT2D eigenvalue weighted by Gasteiger charge is -2.09. The zero-order valence-electron chi connectivity index (χ0n) is 9.40. The molecule has 2 N–H and O–H groups in total. The van der Waals surface area contributed by atoms with Crippen LogP contribution in [0.1, 0.15) is 12.0 Å². The van der Waals surface area contributed by atoms with Gasteiger partial charge in [-0.3, -0.25) is 19.7 Å². The van der Waals surface area contributed by atoms with Gasteiger partial charge in [0.15, 0.2) is 0 Å². The van der Waals surface area contributed by atoms with Crippen molar-refractivity contribution >= 4 is 17.7 Å². The van der Waals surface area contributed by atoms with Crippen molar-refractivity contribution in [1.82, 2.24) is 10.6 Å². The Balaban J connectivity index is 1.95. The van der Waals surface area contributed by atoms with E-state index < -0.39 is 29.6 Å². The van der Waals surface area contributed by atoms with Crippen LogP contribution >= 0.6 is 0 Å². The summed E-state index contributed by atoms with van der Waals surface area (Å²) in [6.07, 6.45) is -0.230. The Kier molecular flexibility index (Phi) is 3.36. The van der Waals surface area contributed by atoms with Gasteiger partial charge in [-0.15, -0.1) is 0 Å². The van der Waals surface area contributed by atoms with Crippen LogP contribution in [0.5, 0.6) is 0 Å². The average molecular weight is 250 g/mol. The summed E-state index contributed by atoms with van der Waals surface area (Å²) in [6.45, 7) is 0. The Morgan fingerprint density at radius 3 is 2.72 bits per heavy atom. The SMILES string of the molecule is O=C1CC(NC(=O)Cc2ccccc2F)C(=O)N1. The van der Waals surface area contributed by atoms with Crippen LogP contribution in [0.25, 0.3) is 0 Å². The number of carbonyl (C=O) groups is 3. The van der Waals surface area contributed by atoms with Crippen molar-refractivity contribution < 1.29 is 18.8 Å². The van der Waals surface area contributed by atoms with E-state index in [0.717, 1.165) is 0 Å². The topological polar surface area (TPSA) is 75.3 Å². The quantitative estimate of drug-likeness (QED) is 0.735. The maximum absolute atomic E-state index is 13.3. The van der Waals surface area contributed by atoms with Crippen molar-refractivity contribution in [2.24, 2.45) is 0 Å². The highest BCUT2D eigenvalue weighted by Crippen LogP contribution is 2.08. The van der Waals surface area contributed by atoms with Crippen LogP contribution in [-0.4, -0.2) is 23.8 Å². The first-order valence-electron chi connectivity index (χ1n) is 5.42. The molecule has 0 aliphatic carbocycles. The van der Waals surface area contributed by atoms with Gasteiger partial charge >= 0.3 is 0 Å². The molecule has 1 aromatic rings. The molecule has 1 saturated heterocycles. The monoisotopic (exact) mass is 250 g/mol. The van der Waals surface area contributed by atoms with Crippen molar-refractivity contribution in [1.29, 1.82) is 0 Å². The van der Waals surface area contributed by atoms with E-state index in [1.54, 1.807) is 6.07 Å². The largest absolute Gasteiger partial charge is 0.343 e. The lowest BCUT2D eigenvalue weighted by molar-refractivity contribution is -0.128. The molecule has 1 heterocycles. The van der Waals surface area contributed by atoms with Crippen LogP contribution in [-0.2, 0) is 20.8 Å². The van der Waals surface area contributed by atoms with E-state index in [1.807, 2.05) is 0 Å². The molecule has 2 rings (SSSR count). The predicted molar refractivity (Wildman–Crippen MR) is 59.8 cm³/mol. The first-order valence-corrected chi connectivity index (χ1v) is 5.42. The molecule has 1 aliphatic heterocycles. The van der Waals surface area contributed by atoms with Crippen molar-refractivity contribution in [2.45, 2.75) is 18.9 Å². The first kappa shape index (κ1) is 12.2. The zero-order valence-corrected chi connectivity index (χ0v) is 9.40. The zero-order chi connectivity index (χ0) is 13.1. The van der Waals surface area contributed by atoms with Crippen LogP contribution in [0.15, 0.2) is 24.3 Å².